The number of amides is 1. The fourth-order valence-corrected chi connectivity index (χ4v) is 4.22. The van der Waals surface area contributed by atoms with E-state index < -0.39 is 5.97 Å². The van der Waals surface area contributed by atoms with Crippen LogP contribution in [0.25, 0.3) is 0 Å². The number of nitrogens with zero attached hydrogens (tertiary/aromatic N) is 3. The maximum Gasteiger partial charge on any atom is 0.340 e. The van der Waals surface area contributed by atoms with Gasteiger partial charge in [0.1, 0.15) is 23.1 Å². The van der Waals surface area contributed by atoms with E-state index in [1.54, 1.807) is 17.7 Å². The van der Waals surface area contributed by atoms with Crippen LogP contribution in [0.1, 0.15) is 21.1 Å². The Balaban J connectivity index is 1.54. The number of benzene rings is 1. The van der Waals surface area contributed by atoms with E-state index in [9.17, 15) is 9.59 Å². The molecule has 1 N–H and O–H groups in total. The molecule has 1 amide bonds. The summed E-state index contributed by atoms with van der Waals surface area (Å²) in [5.41, 5.74) is 0.347. The van der Waals surface area contributed by atoms with Gasteiger partial charge in [0.05, 0.1) is 25.5 Å². The molecule has 0 atom stereocenters. The zero-order valence-corrected chi connectivity index (χ0v) is 19.1. The lowest BCUT2D eigenvalue weighted by molar-refractivity contribution is -0.113. The van der Waals surface area contributed by atoms with Crippen LogP contribution in [-0.2, 0) is 23.2 Å². The number of anilines is 1. The second kappa shape index (κ2) is 10.3. The van der Waals surface area contributed by atoms with Crippen LogP contribution in [0.2, 0.25) is 0 Å². The SMILES string of the molecule is COC(=O)c1cc(C)sc1NC(=O)CSc1nnc(COc2ccc(OC)cc2)n1C. The first-order valence-corrected chi connectivity index (χ1v) is 11.0. The van der Waals surface area contributed by atoms with Crippen LogP contribution in [-0.4, -0.2) is 46.6 Å². The molecule has 2 heterocycles. The van der Waals surface area contributed by atoms with Gasteiger partial charge in [0.25, 0.3) is 0 Å². The normalized spacial score (nSPS) is 10.6. The zero-order chi connectivity index (χ0) is 22.4. The van der Waals surface area contributed by atoms with E-state index in [0.717, 1.165) is 10.6 Å². The Labute approximate surface area is 187 Å². The number of ether oxygens (including phenoxy) is 3. The summed E-state index contributed by atoms with van der Waals surface area (Å²) in [7, 11) is 4.72. The lowest BCUT2D eigenvalue weighted by atomic mass is 10.3. The molecule has 31 heavy (non-hydrogen) atoms. The Morgan fingerprint density at radius 1 is 1.16 bits per heavy atom. The van der Waals surface area contributed by atoms with E-state index >= 15 is 0 Å². The zero-order valence-electron chi connectivity index (χ0n) is 17.5. The second-order valence-corrected chi connectivity index (χ2v) is 8.55. The lowest BCUT2D eigenvalue weighted by Crippen LogP contribution is -2.16. The average molecular weight is 463 g/mol. The number of carbonyl (C=O) groups excluding carboxylic acids is 2. The lowest BCUT2D eigenvalue weighted by Gasteiger charge is -2.07. The predicted molar refractivity (Wildman–Crippen MR) is 118 cm³/mol. The van der Waals surface area contributed by atoms with E-state index in [4.69, 9.17) is 14.2 Å². The van der Waals surface area contributed by atoms with Gasteiger partial charge in [-0.2, -0.15) is 0 Å². The summed E-state index contributed by atoms with van der Waals surface area (Å²) < 4.78 is 17.4. The number of hydrogen-bond acceptors (Lipinski definition) is 9. The maximum atomic E-state index is 12.4. The van der Waals surface area contributed by atoms with Gasteiger partial charge in [0.2, 0.25) is 5.91 Å². The van der Waals surface area contributed by atoms with Crippen molar-refractivity contribution in [1.82, 2.24) is 14.8 Å². The molecule has 3 rings (SSSR count). The van der Waals surface area contributed by atoms with Crippen LogP contribution in [0.3, 0.4) is 0 Å². The molecule has 9 nitrogen and oxygen atoms in total. The van der Waals surface area contributed by atoms with E-state index in [-0.39, 0.29) is 18.3 Å². The number of hydrogen-bond donors (Lipinski definition) is 1. The summed E-state index contributed by atoms with van der Waals surface area (Å²) in [6.45, 7) is 2.09. The predicted octanol–water partition coefficient (Wildman–Crippen LogP) is 3.29. The fourth-order valence-electron chi connectivity index (χ4n) is 2.58. The van der Waals surface area contributed by atoms with Crippen molar-refractivity contribution in [3.05, 3.63) is 46.6 Å². The van der Waals surface area contributed by atoms with E-state index in [1.807, 2.05) is 38.2 Å². The Bertz CT molecular complexity index is 1060. The van der Waals surface area contributed by atoms with Crippen LogP contribution < -0.4 is 14.8 Å². The minimum Gasteiger partial charge on any atom is -0.497 e. The summed E-state index contributed by atoms with van der Waals surface area (Å²) in [4.78, 5) is 25.1. The third kappa shape index (κ3) is 5.76. The van der Waals surface area contributed by atoms with Crippen LogP contribution in [0.5, 0.6) is 11.5 Å². The summed E-state index contributed by atoms with van der Waals surface area (Å²) in [5.74, 6) is 1.44. The van der Waals surface area contributed by atoms with Crippen LogP contribution in [0.4, 0.5) is 5.00 Å². The monoisotopic (exact) mass is 462 g/mol. The first-order chi connectivity index (χ1) is 14.9. The smallest absolute Gasteiger partial charge is 0.340 e. The van der Waals surface area contributed by atoms with Gasteiger partial charge in [-0.25, -0.2) is 4.79 Å². The van der Waals surface area contributed by atoms with Crippen molar-refractivity contribution in [2.45, 2.75) is 18.7 Å². The highest BCUT2D eigenvalue weighted by atomic mass is 32.2. The van der Waals surface area contributed by atoms with Crippen molar-refractivity contribution in [3.8, 4) is 11.5 Å². The minimum atomic E-state index is -0.484. The summed E-state index contributed by atoms with van der Waals surface area (Å²) in [6.07, 6.45) is 0. The highest BCUT2D eigenvalue weighted by Crippen LogP contribution is 2.28. The Morgan fingerprint density at radius 3 is 2.55 bits per heavy atom. The van der Waals surface area contributed by atoms with Crippen molar-refractivity contribution in [3.63, 3.8) is 0 Å². The Kier molecular flexibility index (Phi) is 7.53. The van der Waals surface area contributed by atoms with Gasteiger partial charge in [0, 0.05) is 11.9 Å². The molecule has 0 aliphatic heterocycles. The number of aryl methyl sites for hydroxylation is 1. The van der Waals surface area contributed by atoms with Gasteiger partial charge in [-0.05, 0) is 37.3 Å². The second-order valence-electron chi connectivity index (χ2n) is 6.35. The average Bonchev–Trinajstić information content (AvgIpc) is 3.32. The standard InChI is InChI=1S/C20H22N4O5S2/c1-12-9-15(19(26)28-4)18(31-12)21-17(25)11-30-20-23-22-16(24(20)2)10-29-14-7-5-13(27-3)6-8-14/h5-9H,10-11H2,1-4H3,(H,21,25). The molecule has 0 unspecified atom stereocenters. The molecule has 164 valence electrons. The molecular weight excluding hydrogens is 440 g/mol. The number of aromatic nitrogens is 3. The van der Waals surface area contributed by atoms with Gasteiger partial charge >= 0.3 is 5.97 Å². The highest BCUT2D eigenvalue weighted by Gasteiger charge is 2.18. The van der Waals surface area contributed by atoms with Crippen molar-refractivity contribution < 1.29 is 23.8 Å². The molecule has 0 aliphatic rings. The van der Waals surface area contributed by atoms with Gasteiger partial charge < -0.3 is 24.1 Å². The first kappa shape index (κ1) is 22.6. The van der Waals surface area contributed by atoms with Crippen molar-refractivity contribution in [1.29, 1.82) is 0 Å². The van der Waals surface area contributed by atoms with Crippen LogP contribution in [0.15, 0.2) is 35.5 Å². The maximum absolute atomic E-state index is 12.4. The molecular formula is C20H22N4O5S2. The highest BCUT2D eigenvalue weighted by molar-refractivity contribution is 7.99. The largest absolute Gasteiger partial charge is 0.497 e. The van der Waals surface area contributed by atoms with E-state index in [2.05, 4.69) is 15.5 Å². The first-order valence-electron chi connectivity index (χ1n) is 9.17. The van der Waals surface area contributed by atoms with Gasteiger partial charge in [-0.15, -0.1) is 21.5 Å². The van der Waals surface area contributed by atoms with Crippen LogP contribution in [0, 0.1) is 6.92 Å². The summed E-state index contributed by atoms with van der Waals surface area (Å²) >= 11 is 2.56. The molecule has 0 bridgehead atoms. The molecule has 0 spiro atoms. The number of rotatable bonds is 9. The quantitative estimate of drug-likeness (QED) is 0.382. The molecule has 3 aromatic rings. The molecule has 0 aliphatic carbocycles. The summed E-state index contributed by atoms with van der Waals surface area (Å²) in [5, 5.41) is 12.1. The number of thiophene rings is 1. The number of methoxy groups -OCH3 is 2. The molecule has 0 saturated carbocycles. The van der Waals surface area contributed by atoms with Crippen molar-refractivity contribution in [2.24, 2.45) is 7.05 Å². The summed E-state index contributed by atoms with van der Waals surface area (Å²) in [6, 6.07) is 8.93. The third-order valence-electron chi connectivity index (χ3n) is 4.20. The number of carbonyl (C=O) groups is 2. The van der Waals surface area contributed by atoms with Gasteiger partial charge in [-0.1, -0.05) is 11.8 Å². The Morgan fingerprint density at radius 2 is 1.87 bits per heavy atom. The topological polar surface area (TPSA) is 105 Å². The third-order valence-corrected chi connectivity index (χ3v) is 6.18. The fraction of sp³-hybridized carbons (Fsp3) is 0.300. The Hall–Kier alpha value is -3.05. The van der Waals surface area contributed by atoms with E-state index in [0.29, 0.717) is 27.3 Å². The molecule has 0 saturated heterocycles. The minimum absolute atomic E-state index is 0.114. The number of esters is 1. The molecule has 2 aromatic heterocycles. The van der Waals surface area contributed by atoms with Crippen LogP contribution >= 0.6 is 23.1 Å². The molecule has 0 fully saturated rings. The molecule has 1 aromatic carbocycles. The van der Waals surface area contributed by atoms with Crippen molar-refractivity contribution >= 4 is 40.0 Å². The molecule has 11 heteroatoms. The number of thioether (sulfide) groups is 1. The molecule has 0 radical (unpaired) electrons. The van der Waals surface area contributed by atoms with Gasteiger partial charge in [-0.3, -0.25) is 4.79 Å². The van der Waals surface area contributed by atoms with Crippen molar-refractivity contribution in [2.75, 3.05) is 25.3 Å². The van der Waals surface area contributed by atoms with E-state index in [1.165, 1.54) is 30.2 Å². The van der Waals surface area contributed by atoms with Gasteiger partial charge in [0.15, 0.2) is 11.0 Å². The number of nitrogens with one attached hydrogen (secondary N) is 1.